The van der Waals surface area contributed by atoms with E-state index in [1.165, 1.54) is 0 Å². The molecule has 0 radical (unpaired) electrons. The van der Waals surface area contributed by atoms with E-state index in [9.17, 15) is 18.3 Å². The Hall–Kier alpha value is -0.980. The van der Waals surface area contributed by atoms with Crippen LogP contribution in [-0.4, -0.2) is 43.0 Å². The van der Waals surface area contributed by atoms with Crippen LogP contribution in [0.4, 0.5) is 13.2 Å². The fourth-order valence-corrected chi connectivity index (χ4v) is 3.83. The number of alkyl halides is 3. The number of hydrogen-bond donors (Lipinski definition) is 3. The fourth-order valence-electron chi connectivity index (χ4n) is 3.83. The van der Waals surface area contributed by atoms with Crippen molar-refractivity contribution in [2.45, 2.75) is 76.6 Å². The largest absolute Gasteiger partial charge is 0.392 e. The Kier molecular flexibility index (Phi) is 6.39. The number of aliphatic hydroxyl groups excluding tert-OH is 1. The van der Waals surface area contributed by atoms with Crippen molar-refractivity contribution in [2.24, 2.45) is 16.3 Å². The lowest BCUT2D eigenvalue weighted by Crippen LogP contribution is -2.51. The van der Waals surface area contributed by atoms with Crippen molar-refractivity contribution < 1.29 is 18.3 Å². The van der Waals surface area contributed by atoms with Gasteiger partial charge in [0.1, 0.15) is 0 Å². The van der Waals surface area contributed by atoms with E-state index >= 15 is 0 Å². The van der Waals surface area contributed by atoms with Gasteiger partial charge in [-0.3, -0.25) is 4.99 Å². The molecular weight excluding hydrogens is 319 g/mol. The Bertz CT molecular complexity index is 433. The summed E-state index contributed by atoms with van der Waals surface area (Å²) < 4.78 is 38.2. The topological polar surface area (TPSA) is 56.7 Å². The van der Waals surface area contributed by atoms with Crippen LogP contribution in [0.3, 0.4) is 0 Å². The smallest absolute Gasteiger partial charge is 0.391 e. The lowest BCUT2D eigenvalue weighted by atomic mass is 9.73. The van der Waals surface area contributed by atoms with Crippen LogP contribution in [0, 0.1) is 11.3 Å². The molecule has 2 rings (SSSR count). The lowest BCUT2D eigenvalue weighted by molar-refractivity contribution is -0.182. The molecule has 2 aliphatic carbocycles. The molecule has 0 aliphatic heterocycles. The third-order valence-electron chi connectivity index (χ3n) is 5.69. The van der Waals surface area contributed by atoms with Gasteiger partial charge in [-0.15, -0.1) is 0 Å². The summed E-state index contributed by atoms with van der Waals surface area (Å²) in [5.74, 6) is -0.550. The summed E-state index contributed by atoms with van der Waals surface area (Å²) in [4.78, 5) is 4.18. The van der Waals surface area contributed by atoms with Crippen LogP contribution in [-0.2, 0) is 0 Å². The first-order chi connectivity index (χ1) is 11.2. The summed E-state index contributed by atoms with van der Waals surface area (Å²) in [6.07, 6.45) is 0.934. The van der Waals surface area contributed by atoms with Crippen LogP contribution in [0.1, 0.15) is 58.3 Å². The number of halogens is 3. The molecule has 2 atom stereocenters. The van der Waals surface area contributed by atoms with Gasteiger partial charge >= 0.3 is 6.18 Å². The van der Waals surface area contributed by atoms with Gasteiger partial charge in [0.15, 0.2) is 5.96 Å². The molecule has 0 spiro atoms. The summed E-state index contributed by atoms with van der Waals surface area (Å²) in [5.41, 5.74) is -0.177. The highest BCUT2D eigenvalue weighted by molar-refractivity contribution is 5.80. The van der Waals surface area contributed by atoms with Crippen molar-refractivity contribution in [1.29, 1.82) is 0 Å². The zero-order chi connectivity index (χ0) is 17.8. The maximum Gasteiger partial charge on any atom is 0.391 e. The summed E-state index contributed by atoms with van der Waals surface area (Å²) in [6, 6.07) is 0.0267. The van der Waals surface area contributed by atoms with Crippen molar-refractivity contribution in [1.82, 2.24) is 10.6 Å². The Balaban J connectivity index is 1.79. The Labute approximate surface area is 142 Å². The quantitative estimate of drug-likeness (QED) is 0.542. The summed E-state index contributed by atoms with van der Waals surface area (Å²) in [7, 11) is 1.66. The second-order valence-corrected chi connectivity index (χ2v) is 7.58. The monoisotopic (exact) mass is 349 g/mol. The van der Waals surface area contributed by atoms with Gasteiger partial charge in [-0.05, 0) is 38.5 Å². The van der Waals surface area contributed by atoms with Crippen molar-refractivity contribution in [3.05, 3.63) is 0 Å². The number of guanidine groups is 1. The number of aliphatic imine (C=N–C) groups is 1. The van der Waals surface area contributed by atoms with E-state index in [4.69, 9.17) is 0 Å². The van der Waals surface area contributed by atoms with Gasteiger partial charge in [-0.25, -0.2) is 0 Å². The lowest BCUT2D eigenvalue weighted by Gasteiger charge is -2.39. The minimum atomic E-state index is -4.07. The van der Waals surface area contributed by atoms with E-state index in [1.54, 1.807) is 7.05 Å². The molecular formula is C17H30F3N3O. The van der Waals surface area contributed by atoms with Gasteiger partial charge < -0.3 is 15.7 Å². The number of hydrogen-bond acceptors (Lipinski definition) is 2. The summed E-state index contributed by atoms with van der Waals surface area (Å²) >= 11 is 0. The average Bonchev–Trinajstić information content (AvgIpc) is 2.54. The minimum Gasteiger partial charge on any atom is -0.392 e. The Morgan fingerprint density at radius 3 is 2.38 bits per heavy atom. The molecule has 140 valence electrons. The summed E-state index contributed by atoms with van der Waals surface area (Å²) in [5, 5.41) is 16.7. The highest BCUT2D eigenvalue weighted by Crippen LogP contribution is 2.37. The highest BCUT2D eigenvalue weighted by Gasteiger charge is 2.41. The molecule has 2 unspecified atom stereocenters. The van der Waals surface area contributed by atoms with Crippen molar-refractivity contribution in [2.75, 3.05) is 13.6 Å². The van der Waals surface area contributed by atoms with Crippen LogP contribution in [0.15, 0.2) is 4.99 Å². The zero-order valence-electron chi connectivity index (χ0n) is 14.6. The molecule has 7 heteroatoms. The van der Waals surface area contributed by atoms with E-state index in [1.807, 2.05) is 0 Å². The Morgan fingerprint density at radius 2 is 1.83 bits per heavy atom. The second-order valence-electron chi connectivity index (χ2n) is 7.58. The first-order valence-corrected chi connectivity index (χ1v) is 8.96. The standard InChI is InChI=1S/C17H30F3N3O/c1-16(10-4-3-5-14(16)24)11-22-15(21-2)23-13-8-6-12(7-9-13)17(18,19)20/h12-14,24H,3-11H2,1-2H3,(H2,21,22,23). The van der Waals surface area contributed by atoms with Gasteiger partial charge in [0.2, 0.25) is 0 Å². The third kappa shape index (κ3) is 5.01. The fraction of sp³-hybridized carbons (Fsp3) is 0.941. The van der Waals surface area contributed by atoms with E-state index in [2.05, 4.69) is 22.5 Å². The zero-order valence-corrected chi connectivity index (χ0v) is 14.6. The third-order valence-corrected chi connectivity index (χ3v) is 5.69. The van der Waals surface area contributed by atoms with Crippen LogP contribution >= 0.6 is 0 Å². The van der Waals surface area contributed by atoms with Crippen molar-refractivity contribution in [3.63, 3.8) is 0 Å². The van der Waals surface area contributed by atoms with Crippen molar-refractivity contribution in [3.8, 4) is 0 Å². The number of nitrogens with zero attached hydrogens (tertiary/aromatic N) is 1. The normalized spacial score (nSPS) is 35.6. The molecule has 0 aromatic heterocycles. The molecule has 0 heterocycles. The molecule has 0 saturated heterocycles. The maximum atomic E-state index is 12.7. The molecule has 0 aromatic rings. The second kappa shape index (κ2) is 7.93. The SMILES string of the molecule is CN=C(NCC1(C)CCCCC1O)NC1CCC(C(F)(F)F)CC1. The van der Waals surface area contributed by atoms with Gasteiger partial charge in [0.25, 0.3) is 0 Å². The number of aliphatic hydroxyl groups is 1. The summed E-state index contributed by atoms with van der Waals surface area (Å²) in [6.45, 7) is 2.69. The van der Waals surface area contributed by atoms with Crippen LogP contribution < -0.4 is 10.6 Å². The van der Waals surface area contributed by atoms with Gasteiger partial charge in [0.05, 0.1) is 12.0 Å². The molecule has 24 heavy (non-hydrogen) atoms. The molecule has 2 fully saturated rings. The van der Waals surface area contributed by atoms with Gasteiger partial charge in [0, 0.05) is 25.0 Å². The van der Waals surface area contributed by atoms with Crippen molar-refractivity contribution >= 4 is 5.96 Å². The van der Waals surface area contributed by atoms with Gasteiger partial charge in [-0.2, -0.15) is 13.2 Å². The molecule has 0 aromatic carbocycles. The van der Waals surface area contributed by atoms with Crippen LogP contribution in [0.2, 0.25) is 0 Å². The van der Waals surface area contributed by atoms with Gasteiger partial charge in [-0.1, -0.05) is 19.8 Å². The molecule has 2 saturated carbocycles. The van der Waals surface area contributed by atoms with Crippen LogP contribution in [0.5, 0.6) is 0 Å². The minimum absolute atomic E-state index is 0.0267. The van der Waals surface area contributed by atoms with E-state index in [-0.39, 0.29) is 30.4 Å². The predicted octanol–water partition coefficient (Wildman–Crippen LogP) is 3.21. The Morgan fingerprint density at radius 1 is 1.17 bits per heavy atom. The van der Waals surface area contributed by atoms with E-state index in [0.717, 1.165) is 25.7 Å². The molecule has 0 amide bonds. The first-order valence-electron chi connectivity index (χ1n) is 8.96. The molecule has 2 aliphatic rings. The molecule has 4 nitrogen and oxygen atoms in total. The molecule has 0 bridgehead atoms. The number of rotatable bonds is 3. The van der Waals surface area contributed by atoms with E-state index in [0.29, 0.717) is 25.3 Å². The predicted molar refractivity (Wildman–Crippen MR) is 88.9 cm³/mol. The highest BCUT2D eigenvalue weighted by atomic mass is 19.4. The average molecular weight is 349 g/mol. The maximum absolute atomic E-state index is 12.7. The molecule has 3 N–H and O–H groups in total. The van der Waals surface area contributed by atoms with Crippen LogP contribution in [0.25, 0.3) is 0 Å². The van der Waals surface area contributed by atoms with E-state index < -0.39 is 12.1 Å². The first kappa shape index (κ1) is 19.3. The number of nitrogens with one attached hydrogen (secondary N) is 2.